The van der Waals surface area contributed by atoms with Gasteiger partial charge in [-0.1, -0.05) is 89.4 Å². The van der Waals surface area contributed by atoms with Gasteiger partial charge >= 0.3 is 0 Å². The minimum Gasteiger partial charge on any atom is -0.322 e. The lowest BCUT2D eigenvalue weighted by molar-refractivity contribution is -0.115. The third-order valence-corrected chi connectivity index (χ3v) is 8.50. The van der Waals surface area contributed by atoms with Crippen molar-refractivity contribution in [2.75, 3.05) is 10.6 Å². The molecule has 9 heteroatoms. The van der Waals surface area contributed by atoms with Gasteiger partial charge in [0, 0.05) is 26.5 Å². The first-order chi connectivity index (χ1) is 19.4. The number of aromatic nitrogens is 1. The summed E-state index contributed by atoms with van der Waals surface area (Å²) in [4.78, 5) is 31.8. The van der Waals surface area contributed by atoms with Gasteiger partial charge in [0.2, 0.25) is 5.91 Å². The number of nitrogens with zero attached hydrogens (tertiary/aromatic N) is 1. The number of carbonyl (C=O) groups excluding carboxylic acids is 2. The Labute approximate surface area is 250 Å². The van der Waals surface area contributed by atoms with Crippen LogP contribution in [0.2, 0.25) is 10.0 Å². The Bertz CT molecular complexity index is 1660. The Morgan fingerprint density at radius 2 is 1.65 bits per heavy atom. The Morgan fingerprint density at radius 1 is 0.875 bits per heavy atom. The minimum absolute atomic E-state index is 0.191. The molecule has 1 heterocycles. The molecule has 0 saturated heterocycles. The van der Waals surface area contributed by atoms with Gasteiger partial charge in [0.15, 0.2) is 5.13 Å². The van der Waals surface area contributed by atoms with E-state index in [1.165, 1.54) is 34.7 Å². The van der Waals surface area contributed by atoms with E-state index in [-0.39, 0.29) is 16.8 Å². The van der Waals surface area contributed by atoms with E-state index in [2.05, 4.69) is 15.6 Å². The molecule has 0 bridgehead atoms. The predicted octanol–water partition coefficient (Wildman–Crippen LogP) is 9.15. The number of aryl methyl sites for hydroxylation is 1. The first-order valence-corrected chi connectivity index (χ1v) is 14.8. The summed E-state index contributed by atoms with van der Waals surface area (Å²) >= 11 is 14.9. The molecule has 0 aliphatic rings. The lowest BCUT2D eigenvalue weighted by Crippen LogP contribution is -2.19. The number of benzene rings is 4. The highest BCUT2D eigenvalue weighted by Crippen LogP contribution is 2.38. The monoisotopic (exact) mass is 603 g/mol. The molecule has 0 aliphatic heterocycles. The fourth-order valence-electron chi connectivity index (χ4n) is 3.92. The van der Waals surface area contributed by atoms with E-state index in [4.69, 9.17) is 23.2 Å². The van der Waals surface area contributed by atoms with Gasteiger partial charge in [-0.3, -0.25) is 9.59 Å². The summed E-state index contributed by atoms with van der Waals surface area (Å²) in [6.07, 6.45) is 0. The van der Waals surface area contributed by atoms with E-state index < -0.39 is 5.25 Å². The largest absolute Gasteiger partial charge is 0.322 e. The first kappa shape index (κ1) is 27.9. The van der Waals surface area contributed by atoms with Crippen LogP contribution in [0.25, 0.3) is 11.3 Å². The number of nitrogens with one attached hydrogen (secondary N) is 2. The zero-order chi connectivity index (χ0) is 28.1. The summed E-state index contributed by atoms with van der Waals surface area (Å²) in [5.74, 6) is -0.544. The second-order valence-corrected chi connectivity index (χ2v) is 11.8. The van der Waals surface area contributed by atoms with Crippen molar-refractivity contribution in [3.05, 3.63) is 129 Å². The van der Waals surface area contributed by atoms with Crippen LogP contribution < -0.4 is 10.6 Å². The highest BCUT2D eigenvalue weighted by Gasteiger charge is 2.23. The van der Waals surface area contributed by atoms with E-state index in [1.54, 1.807) is 18.2 Å². The van der Waals surface area contributed by atoms with Crippen LogP contribution in [0.5, 0.6) is 0 Å². The SMILES string of the molecule is Cc1ccc(-c2csc(NC(=O)C(Sc3cccc(NC(=O)c4ccc(Cl)cc4Cl)c3)c3ccccc3)n2)cc1. The molecule has 0 aliphatic carbocycles. The molecule has 2 N–H and O–H groups in total. The maximum absolute atomic E-state index is 13.6. The van der Waals surface area contributed by atoms with Gasteiger partial charge in [-0.05, 0) is 48.9 Å². The number of hydrogen-bond donors (Lipinski definition) is 2. The predicted molar refractivity (Wildman–Crippen MR) is 167 cm³/mol. The molecular weight excluding hydrogens is 581 g/mol. The molecule has 1 aromatic heterocycles. The van der Waals surface area contributed by atoms with Gasteiger partial charge in [0.05, 0.1) is 16.3 Å². The number of thiazole rings is 1. The molecule has 4 aromatic carbocycles. The number of rotatable bonds is 8. The van der Waals surface area contributed by atoms with Crippen LogP contribution in [0, 0.1) is 6.92 Å². The molecule has 1 unspecified atom stereocenters. The maximum atomic E-state index is 13.6. The fourth-order valence-corrected chi connectivity index (χ4v) is 6.22. The molecule has 40 heavy (non-hydrogen) atoms. The Morgan fingerprint density at radius 3 is 2.40 bits per heavy atom. The van der Waals surface area contributed by atoms with Crippen LogP contribution in [-0.2, 0) is 4.79 Å². The van der Waals surface area contributed by atoms with E-state index in [1.807, 2.05) is 85.1 Å². The summed E-state index contributed by atoms with van der Waals surface area (Å²) in [6.45, 7) is 2.04. The zero-order valence-electron chi connectivity index (χ0n) is 21.2. The van der Waals surface area contributed by atoms with Crippen LogP contribution in [0.3, 0.4) is 0 Å². The Hall–Kier alpha value is -3.62. The van der Waals surface area contributed by atoms with Gasteiger partial charge in [-0.2, -0.15) is 0 Å². The van der Waals surface area contributed by atoms with Gasteiger partial charge in [0.25, 0.3) is 5.91 Å². The van der Waals surface area contributed by atoms with Crippen molar-refractivity contribution in [1.29, 1.82) is 0 Å². The standard InChI is InChI=1S/C31H23Cl2N3O2S2/c1-19-10-12-20(13-11-19)27-18-39-31(35-27)36-30(38)28(21-6-3-2-4-7-21)40-24-9-5-8-23(17-24)34-29(37)25-15-14-22(32)16-26(25)33/h2-18,28H,1H3,(H,34,37)(H,35,36,38). The number of anilines is 2. The second-order valence-electron chi connectivity index (χ2n) is 8.91. The van der Waals surface area contributed by atoms with E-state index in [0.29, 0.717) is 21.4 Å². The molecule has 1 atom stereocenters. The number of carbonyl (C=O) groups is 2. The molecule has 5 rings (SSSR count). The van der Waals surface area contributed by atoms with Crippen molar-refractivity contribution in [3.8, 4) is 11.3 Å². The summed E-state index contributed by atoms with van der Waals surface area (Å²) in [7, 11) is 0. The average molecular weight is 605 g/mol. The lowest BCUT2D eigenvalue weighted by atomic mass is 10.1. The van der Waals surface area contributed by atoms with Gasteiger partial charge < -0.3 is 10.6 Å². The topological polar surface area (TPSA) is 71.1 Å². The highest BCUT2D eigenvalue weighted by atomic mass is 35.5. The molecule has 2 amide bonds. The van der Waals surface area contributed by atoms with Gasteiger partial charge in [0.1, 0.15) is 5.25 Å². The van der Waals surface area contributed by atoms with E-state index in [9.17, 15) is 9.59 Å². The van der Waals surface area contributed by atoms with Gasteiger partial charge in [-0.25, -0.2) is 4.98 Å². The fraction of sp³-hybridized carbons (Fsp3) is 0.0645. The number of amides is 2. The number of hydrogen-bond acceptors (Lipinski definition) is 5. The quantitative estimate of drug-likeness (QED) is 0.173. The normalized spacial score (nSPS) is 11.6. The number of thioether (sulfide) groups is 1. The molecular formula is C31H23Cl2N3O2S2. The first-order valence-electron chi connectivity index (χ1n) is 12.3. The molecule has 200 valence electrons. The zero-order valence-corrected chi connectivity index (χ0v) is 24.4. The molecule has 0 saturated carbocycles. The third-order valence-electron chi connectivity index (χ3n) is 5.94. The van der Waals surface area contributed by atoms with Crippen molar-refractivity contribution < 1.29 is 9.59 Å². The maximum Gasteiger partial charge on any atom is 0.257 e. The molecule has 0 spiro atoms. The summed E-state index contributed by atoms with van der Waals surface area (Å²) in [6, 6.07) is 29.7. The minimum atomic E-state index is -0.551. The molecule has 5 aromatic rings. The number of halogens is 2. The van der Waals surface area contributed by atoms with Crippen LogP contribution in [-0.4, -0.2) is 16.8 Å². The molecule has 0 fully saturated rings. The second kappa shape index (κ2) is 12.7. The third kappa shape index (κ3) is 6.92. The van der Waals surface area contributed by atoms with Crippen molar-refractivity contribution >= 4 is 68.9 Å². The Balaban J connectivity index is 1.34. The summed E-state index contributed by atoms with van der Waals surface area (Å²) < 4.78 is 0. The van der Waals surface area contributed by atoms with E-state index in [0.717, 1.165) is 21.7 Å². The lowest BCUT2D eigenvalue weighted by Gasteiger charge is -2.17. The van der Waals surface area contributed by atoms with Crippen molar-refractivity contribution in [3.63, 3.8) is 0 Å². The van der Waals surface area contributed by atoms with Crippen molar-refractivity contribution in [2.24, 2.45) is 0 Å². The van der Waals surface area contributed by atoms with Crippen LogP contribution >= 0.6 is 46.3 Å². The van der Waals surface area contributed by atoms with E-state index >= 15 is 0 Å². The smallest absolute Gasteiger partial charge is 0.257 e. The van der Waals surface area contributed by atoms with Crippen LogP contribution in [0.1, 0.15) is 26.7 Å². The van der Waals surface area contributed by atoms with Crippen molar-refractivity contribution in [2.45, 2.75) is 17.1 Å². The molecule has 5 nitrogen and oxygen atoms in total. The summed E-state index contributed by atoms with van der Waals surface area (Å²) in [5.41, 5.74) is 4.73. The Kier molecular flexibility index (Phi) is 8.87. The molecule has 0 radical (unpaired) electrons. The van der Waals surface area contributed by atoms with Crippen molar-refractivity contribution in [1.82, 2.24) is 4.98 Å². The average Bonchev–Trinajstić information content (AvgIpc) is 3.41. The van der Waals surface area contributed by atoms with Crippen LogP contribution in [0.15, 0.2) is 107 Å². The van der Waals surface area contributed by atoms with Crippen LogP contribution in [0.4, 0.5) is 10.8 Å². The van der Waals surface area contributed by atoms with Gasteiger partial charge in [-0.15, -0.1) is 23.1 Å². The summed E-state index contributed by atoms with van der Waals surface area (Å²) in [5, 5.41) is 8.50. The highest BCUT2D eigenvalue weighted by molar-refractivity contribution is 8.00.